The van der Waals surface area contributed by atoms with Crippen LogP contribution in [0.2, 0.25) is 0 Å². The fourth-order valence-corrected chi connectivity index (χ4v) is 2.91. The van der Waals surface area contributed by atoms with E-state index in [1.807, 2.05) is 26.0 Å². The Morgan fingerprint density at radius 2 is 2.18 bits per heavy atom. The number of rotatable bonds is 2. The van der Waals surface area contributed by atoms with E-state index in [4.69, 9.17) is 0 Å². The molecule has 4 nitrogen and oxygen atoms in total. The number of carbonyl (C=O) groups is 1. The number of carbonyl (C=O) groups excluding carboxylic acids is 1. The summed E-state index contributed by atoms with van der Waals surface area (Å²) in [6, 6.07) is 3.71. The van der Waals surface area contributed by atoms with E-state index < -0.39 is 0 Å². The Morgan fingerprint density at radius 3 is 2.65 bits per heavy atom. The van der Waals surface area contributed by atoms with E-state index in [1.54, 1.807) is 11.7 Å². The highest BCUT2D eigenvalue weighted by atomic mass is 79.9. The van der Waals surface area contributed by atoms with Crippen molar-refractivity contribution in [2.75, 3.05) is 5.32 Å². The molecule has 2 rings (SSSR count). The average Bonchev–Trinajstić information content (AvgIpc) is 2.72. The first-order chi connectivity index (χ1) is 7.97. The lowest BCUT2D eigenvalue weighted by Crippen LogP contribution is -2.13. The van der Waals surface area contributed by atoms with Crippen LogP contribution in [0, 0.1) is 13.8 Å². The smallest absolute Gasteiger partial charge is 0.266 e. The maximum atomic E-state index is 12.0. The second-order valence-corrected chi connectivity index (χ2v) is 6.19. The summed E-state index contributed by atoms with van der Waals surface area (Å²) in [6.07, 6.45) is 0. The molecule has 1 amide bonds. The highest BCUT2D eigenvalue weighted by Crippen LogP contribution is 2.27. The van der Waals surface area contributed by atoms with Crippen molar-refractivity contribution in [3.05, 3.63) is 32.1 Å². The van der Waals surface area contributed by atoms with Crippen molar-refractivity contribution in [3.8, 4) is 0 Å². The van der Waals surface area contributed by atoms with E-state index in [0.717, 1.165) is 15.0 Å². The number of thiophene rings is 1. The Balaban J connectivity index is 2.19. The number of aromatic nitrogens is 2. The topological polar surface area (TPSA) is 46.9 Å². The zero-order chi connectivity index (χ0) is 12.6. The molecule has 6 heteroatoms. The lowest BCUT2D eigenvalue weighted by Gasteiger charge is -2.02. The summed E-state index contributed by atoms with van der Waals surface area (Å²) in [6.45, 7) is 3.85. The normalized spacial score (nSPS) is 10.6. The lowest BCUT2D eigenvalue weighted by molar-refractivity contribution is 0.102. The Bertz CT molecular complexity index is 554. The van der Waals surface area contributed by atoms with Gasteiger partial charge in [-0.1, -0.05) is 0 Å². The summed E-state index contributed by atoms with van der Waals surface area (Å²) in [7, 11) is 1.80. The molecule has 17 heavy (non-hydrogen) atoms. The van der Waals surface area contributed by atoms with Crippen molar-refractivity contribution >= 4 is 39.0 Å². The maximum Gasteiger partial charge on any atom is 0.266 e. The Hall–Kier alpha value is -1.14. The van der Waals surface area contributed by atoms with Crippen molar-refractivity contribution in [3.63, 3.8) is 0 Å². The standard InChI is InChI=1S/C11H12BrN3OS/c1-6-4-8(17-10(6)12)11(16)13-9-5-7(2)14-15(9)3/h4-5H,1-3H3,(H,13,16). The summed E-state index contributed by atoms with van der Waals surface area (Å²) in [5.41, 5.74) is 1.95. The molecule has 0 aliphatic carbocycles. The van der Waals surface area contributed by atoms with Gasteiger partial charge in [0.15, 0.2) is 0 Å². The van der Waals surface area contributed by atoms with Gasteiger partial charge in [0.1, 0.15) is 5.82 Å². The molecular weight excluding hydrogens is 302 g/mol. The molecule has 0 unspecified atom stereocenters. The van der Waals surface area contributed by atoms with Crippen LogP contribution in [0.25, 0.3) is 0 Å². The molecule has 0 spiro atoms. The third kappa shape index (κ3) is 2.58. The number of nitrogens with zero attached hydrogens (tertiary/aromatic N) is 2. The highest BCUT2D eigenvalue weighted by molar-refractivity contribution is 9.11. The van der Waals surface area contributed by atoms with Gasteiger partial charge < -0.3 is 5.32 Å². The monoisotopic (exact) mass is 313 g/mol. The van der Waals surface area contributed by atoms with E-state index in [-0.39, 0.29) is 5.91 Å². The molecule has 1 N–H and O–H groups in total. The van der Waals surface area contributed by atoms with Crippen LogP contribution in [0.4, 0.5) is 5.82 Å². The number of nitrogens with one attached hydrogen (secondary N) is 1. The summed E-state index contributed by atoms with van der Waals surface area (Å²) in [5, 5.41) is 7.02. The van der Waals surface area contributed by atoms with E-state index >= 15 is 0 Å². The number of amides is 1. The molecule has 0 saturated carbocycles. The second kappa shape index (κ2) is 4.62. The fraction of sp³-hybridized carbons (Fsp3) is 0.273. The first-order valence-electron chi connectivity index (χ1n) is 5.05. The van der Waals surface area contributed by atoms with Gasteiger partial charge in [-0.25, -0.2) is 0 Å². The predicted molar refractivity (Wildman–Crippen MR) is 72.7 cm³/mol. The van der Waals surface area contributed by atoms with Crippen LogP contribution in [-0.2, 0) is 7.05 Å². The minimum Gasteiger partial charge on any atom is -0.306 e. The van der Waals surface area contributed by atoms with Gasteiger partial charge in [-0.3, -0.25) is 9.48 Å². The lowest BCUT2D eigenvalue weighted by atomic mass is 10.3. The molecule has 0 fully saturated rings. The molecule has 2 aromatic heterocycles. The van der Waals surface area contributed by atoms with E-state index in [0.29, 0.717) is 10.7 Å². The van der Waals surface area contributed by atoms with Crippen LogP contribution in [0.3, 0.4) is 0 Å². The van der Waals surface area contributed by atoms with Gasteiger partial charge in [-0.15, -0.1) is 11.3 Å². The predicted octanol–water partition coefficient (Wildman–Crippen LogP) is 3.11. The summed E-state index contributed by atoms with van der Waals surface area (Å²) >= 11 is 4.84. The molecular formula is C11H12BrN3OS. The van der Waals surface area contributed by atoms with Gasteiger partial charge in [0.05, 0.1) is 14.4 Å². The number of halogens is 1. The van der Waals surface area contributed by atoms with Gasteiger partial charge in [-0.05, 0) is 41.4 Å². The SMILES string of the molecule is Cc1cc(NC(=O)c2cc(C)c(Br)s2)n(C)n1. The van der Waals surface area contributed by atoms with Crippen molar-refractivity contribution in [1.82, 2.24) is 9.78 Å². The summed E-state index contributed by atoms with van der Waals surface area (Å²) in [4.78, 5) is 12.7. The van der Waals surface area contributed by atoms with E-state index in [2.05, 4.69) is 26.3 Å². The van der Waals surface area contributed by atoms with Crippen LogP contribution >= 0.6 is 27.3 Å². The molecule has 0 aromatic carbocycles. The molecule has 0 radical (unpaired) electrons. The molecule has 2 aromatic rings. The zero-order valence-electron chi connectivity index (χ0n) is 9.74. The quantitative estimate of drug-likeness (QED) is 0.926. The molecule has 0 aliphatic rings. The van der Waals surface area contributed by atoms with E-state index in [1.165, 1.54) is 11.3 Å². The van der Waals surface area contributed by atoms with Crippen LogP contribution in [0.5, 0.6) is 0 Å². The van der Waals surface area contributed by atoms with Crippen molar-refractivity contribution in [1.29, 1.82) is 0 Å². The van der Waals surface area contributed by atoms with E-state index in [9.17, 15) is 4.79 Å². The Morgan fingerprint density at radius 1 is 1.47 bits per heavy atom. The summed E-state index contributed by atoms with van der Waals surface area (Å²) in [5.74, 6) is 0.599. The average molecular weight is 314 g/mol. The molecule has 0 aliphatic heterocycles. The van der Waals surface area contributed by atoms with Crippen LogP contribution in [-0.4, -0.2) is 15.7 Å². The molecule has 0 saturated heterocycles. The first kappa shape index (κ1) is 12.3. The number of aryl methyl sites for hydroxylation is 3. The third-order valence-electron chi connectivity index (χ3n) is 2.32. The van der Waals surface area contributed by atoms with Crippen molar-refractivity contribution < 1.29 is 4.79 Å². The van der Waals surface area contributed by atoms with Gasteiger partial charge in [-0.2, -0.15) is 5.10 Å². The van der Waals surface area contributed by atoms with Crippen LogP contribution < -0.4 is 5.32 Å². The fourth-order valence-electron chi connectivity index (χ4n) is 1.48. The van der Waals surface area contributed by atoms with Gasteiger partial charge in [0.2, 0.25) is 0 Å². The Kier molecular flexibility index (Phi) is 3.35. The van der Waals surface area contributed by atoms with Gasteiger partial charge in [0, 0.05) is 13.1 Å². The third-order valence-corrected chi connectivity index (χ3v) is 4.46. The van der Waals surface area contributed by atoms with Crippen molar-refractivity contribution in [2.45, 2.75) is 13.8 Å². The van der Waals surface area contributed by atoms with Gasteiger partial charge in [0.25, 0.3) is 5.91 Å². The first-order valence-corrected chi connectivity index (χ1v) is 6.66. The molecule has 0 atom stereocenters. The second-order valence-electron chi connectivity index (χ2n) is 3.82. The van der Waals surface area contributed by atoms with Crippen LogP contribution in [0.15, 0.2) is 15.9 Å². The minimum absolute atomic E-state index is 0.105. The van der Waals surface area contributed by atoms with Crippen LogP contribution in [0.1, 0.15) is 20.9 Å². The zero-order valence-corrected chi connectivity index (χ0v) is 12.1. The largest absolute Gasteiger partial charge is 0.306 e. The Labute approximate surface area is 112 Å². The van der Waals surface area contributed by atoms with Gasteiger partial charge >= 0.3 is 0 Å². The molecule has 90 valence electrons. The van der Waals surface area contributed by atoms with Crippen molar-refractivity contribution in [2.24, 2.45) is 7.05 Å². The number of hydrogen-bond donors (Lipinski definition) is 1. The number of hydrogen-bond acceptors (Lipinski definition) is 3. The maximum absolute atomic E-state index is 12.0. The minimum atomic E-state index is -0.105. The summed E-state index contributed by atoms with van der Waals surface area (Å²) < 4.78 is 2.65. The number of anilines is 1. The highest BCUT2D eigenvalue weighted by Gasteiger charge is 2.13. The molecule has 0 bridgehead atoms. The molecule has 2 heterocycles.